The van der Waals surface area contributed by atoms with Crippen molar-refractivity contribution in [3.05, 3.63) is 58.1 Å². The molecule has 0 aliphatic heterocycles. The van der Waals surface area contributed by atoms with Gasteiger partial charge in [0.1, 0.15) is 5.84 Å². The van der Waals surface area contributed by atoms with Crippen LogP contribution in [0.5, 0.6) is 0 Å². The number of oxime groups is 1. The van der Waals surface area contributed by atoms with Gasteiger partial charge in [-0.15, -0.1) is 0 Å². The molecule has 0 bridgehead atoms. The highest BCUT2D eigenvalue weighted by atomic mass is 35.5. The predicted molar refractivity (Wildman–Crippen MR) is 116 cm³/mol. The van der Waals surface area contributed by atoms with Crippen molar-refractivity contribution in [2.24, 2.45) is 10.9 Å². The van der Waals surface area contributed by atoms with E-state index in [4.69, 9.17) is 22.2 Å². The first-order chi connectivity index (χ1) is 13.7. The number of amidine groups is 1. The zero-order valence-corrected chi connectivity index (χ0v) is 17.6. The maximum atomic E-state index is 12.4. The normalized spacial score (nSPS) is 12.2. The summed E-state index contributed by atoms with van der Waals surface area (Å²) in [4.78, 5) is 29.6. The maximum Gasteiger partial charge on any atom is 0.268 e. The van der Waals surface area contributed by atoms with Crippen molar-refractivity contribution < 1.29 is 14.4 Å². The van der Waals surface area contributed by atoms with E-state index in [1.807, 2.05) is 32.9 Å². The van der Waals surface area contributed by atoms with Crippen LogP contribution in [0, 0.1) is 20.8 Å². The minimum absolute atomic E-state index is 0.0584. The Labute approximate surface area is 175 Å². The monoisotopic (exact) mass is 416 g/mol. The van der Waals surface area contributed by atoms with Gasteiger partial charge in [-0.2, -0.15) is 0 Å². The molecule has 1 atom stereocenters. The van der Waals surface area contributed by atoms with E-state index in [0.29, 0.717) is 10.7 Å². The number of anilines is 2. The molecule has 0 aromatic heterocycles. The molecular formula is C21H25ClN4O3. The highest BCUT2D eigenvalue weighted by Crippen LogP contribution is 2.22. The molecule has 0 fully saturated rings. The quantitative estimate of drug-likeness (QED) is 0.361. The van der Waals surface area contributed by atoms with Gasteiger partial charge >= 0.3 is 0 Å². The summed E-state index contributed by atoms with van der Waals surface area (Å²) < 4.78 is 0. The van der Waals surface area contributed by atoms with E-state index in [-0.39, 0.29) is 18.2 Å². The molecule has 0 radical (unpaired) electrons. The van der Waals surface area contributed by atoms with Gasteiger partial charge in [0.25, 0.3) is 5.91 Å². The van der Waals surface area contributed by atoms with Crippen molar-refractivity contribution in [3.8, 4) is 0 Å². The molecule has 0 saturated heterocycles. The number of nitrogens with one attached hydrogen (secondary N) is 2. The van der Waals surface area contributed by atoms with E-state index < -0.39 is 12.0 Å². The van der Waals surface area contributed by atoms with Gasteiger partial charge in [-0.3, -0.25) is 9.59 Å². The van der Waals surface area contributed by atoms with E-state index in [1.165, 1.54) is 0 Å². The summed E-state index contributed by atoms with van der Waals surface area (Å²) in [5.41, 5.74) is 9.99. The Bertz CT molecular complexity index is 920. The first kappa shape index (κ1) is 22.2. The Morgan fingerprint density at radius 3 is 2.38 bits per heavy atom. The van der Waals surface area contributed by atoms with E-state index in [2.05, 4.69) is 15.8 Å². The lowest BCUT2D eigenvalue weighted by atomic mass is 10.0. The zero-order valence-electron chi connectivity index (χ0n) is 16.9. The molecular weight excluding hydrogens is 392 g/mol. The third-order valence-electron chi connectivity index (χ3n) is 4.11. The average molecular weight is 417 g/mol. The predicted octanol–water partition coefficient (Wildman–Crippen LogP) is 3.91. The van der Waals surface area contributed by atoms with Gasteiger partial charge in [-0.1, -0.05) is 46.6 Å². The molecule has 4 N–H and O–H groups in total. The smallest absolute Gasteiger partial charge is 0.268 e. The minimum Gasteiger partial charge on any atom is -0.384 e. The molecule has 2 rings (SSSR count). The third kappa shape index (κ3) is 6.50. The van der Waals surface area contributed by atoms with Crippen LogP contribution in [0.3, 0.4) is 0 Å². The van der Waals surface area contributed by atoms with Crippen molar-refractivity contribution >= 4 is 40.6 Å². The van der Waals surface area contributed by atoms with Crippen LogP contribution in [0.4, 0.5) is 11.4 Å². The van der Waals surface area contributed by atoms with Crippen molar-refractivity contribution in [1.29, 1.82) is 0 Å². The van der Waals surface area contributed by atoms with Gasteiger partial charge in [0.05, 0.1) is 17.1 Å². The second kappa shape index (κ2) is 9.93. The standard InChI is InChI=1S/C21H25ClN4O3/c1-12-9-13(2)20(14(3)10-12)25-21(28)15(4)29-26-18(23)11-19(27)24-17-8-6-5-7-16(17)22/h5-10,15H,11H2,1-4H3,(H2,23,26)(H,24,27)(H,25,28). The molecule has 0 aliphatic carbocycles. The van der Waals surface area contributed by atoms with Crippen LogP contribution >= 0.6 is 11.6 Å². The third-order valence-corrected chi connectivity index (χ3v) is 4.44. The average Bonchev–Trinajstić information content (AvgIpc) is 2.64. The fraction of sp³-hybridized carbons (Fsp3) is 0.286. The molecule has 0 saturated carbocycles. The Balaban J connectivity index is 1.90. The number of aryl methyl sites for hydroxylation is 3. The molecule has 8 heteroatoms. The first-order valence-corrected chi connectivity index (χ1v) is 9.46. The molecule has 0 heterocycles. The number of nitrogens with zero attached hydrogens (tertiary/aromatic N) is 1. The number of hydrogen-bond donors (Lipinski definition) is 3. The number of carbonyl (C=O) groups is 2. The molecule has 1 unspecified atom stereocenters. The number of halogens is 1. The lowest BCUT2D eigenvalue weighted by molar-refractivity contribution is -0.126. The van der Waals surface area contributed by atoms with Gasteiger partial charge in [0.15, 0.2) is 0 Å². The highest BCUT2D eigenvalue weighted by Gasteiger charge is 2.17. The van der Waals surface area contributed by atoms with Crippen LogP contribution in [-0.4, -0.2) is 23.8 Å². The van der Waals surface area contributed by atoms with Crippen LogP contribution in [0.15, 0.2) is 41.6 Å². The van der Waals surface area contributed by atoms with Crippen molar-refractivity contribution in [1.82, 2.24) is 0 Å². The SMILES string of the molecule is Cc1cc(C)c(NC(=O)C(C)O/N=C(/N)CC(=O)Nc2ccccc2Cl)c(C)c1. The molecule has 7 nitrogen and oxygen atoms in total. The zero-order chi connectivity index (χ0) is 21.6. The summed E-state index contributed by atoms with van der Waals surface area (Å²) in [6, 6.07) is 10.8. The number of hydrogen-bond acceptors (Lipinski definition) is 4. The Morgan fingerprint density at radius 1 is 1.14 bits per heavy atom. The highest BCUT2D eigenvalue weighted by molar-refractivity contribution is 6.33. The largest absolute Gasteiger partial charge is 0.384 e. The minimum atomic E-state index is -0.889. The first-order valence-electron chi connectivity index (χ1n) is 9.08. The molecule has 2 aromatic carbocycles. The topological polar surface area (TPSA) is 106 Å². The Kier molecular flexibility index (Phi) is 7.61. The molecule has 2 amide bonds. The van der Waals surface area contributed by atoms with Crippen molar-refractivity contribution in [2.45, 2.75) is 40.2 Å². The second-order valence-corrected chi connectivity index (χ2v) is 7.21. The molecule has 2 aromatic rings. The molecule has 0 aliphatic rings. The van der Waals surface area contributed by atoms with Crippen LogP contribution in [0.2, 0.25) is 5.02 Å². The number of nitrogens with two attached hydrogens (primary N) is 1. The number of rotatable bonds is 7. The lowest BCUT2D eigenvalue weighted by Gasteiger charge is -2.15. The number of benzene rings is 2. The summed E-state index contributed by atoms with van der Waals surface area (Å²) in [6.07, 6.45) is -1.09. The van der Waals surface area contributed by atoms with Gasteiger partial charge in [-0.05, 0) is 51.0 Å². The van der Waals surface area contributed by atoms with E-state index in [1.54, 1.807) is 31.2 Å². The Hall–Kier alpha value is -3.06. The maximum absolute atomic E-state index is 12.4. The van der Waals surface area contributed by atoms with Crippen LogP contribution in [0.25, 0.3) is 0 Å². The van der Waals surface area contributed by atoms with Crippen molar-refractivity contribution in [3.63, 3.8) is 0 Å². The van der Waals surface area contributed by atoms with Gasteiger partial charge in [-0.25, -0.2) is 0 Å². The van der Waals surface area contributed by atoms with Gasteiger partial charge < -0.3 is 21.2 Å². The van der Waals surface area contributed by atoms with Crippen molar-refractivity contribution in [2.75, 3.05) is 10.6 Å². The lowest BCUT2D eigenvalue weighted by Crippen LogP contribution is -2.29. The number of amides is 2. The van der Waals surface area contributed by atoms with E-state index in [9.17, 15) is 9.59 Å². The molecule has 0 spiro atoms. The van der Waals surface area contributed by atoms with E-state index >= 15 is 0 Å². The number of para-hydroxylation sites is 1. The van der Waals surface area contributed by atoms with E-state index in [0.717, 1.165) is 22.4 Å². The van der Waals surface area contributed by atoms with Crippen LogP contribution < -0.4 is 16.4 Å². The van der Waals surface area contributed by atoms with Gasteiger partial charge in [0.2, 0.25) is 12.0 Å². The fourth-order valence-electron chi connectivity index (χ4n) is 2.75. The molecule has 154 valence electrons. The summed E-state index contributed by atoms with van der Waals surface area (Å²) >= 11 is 5.99. The number of carbonyl (C=O) groups excluding carboxylic acids is 2. The fourth-order valence-corrected chi connectivity index (χ4v) is 2.93. The summed E-state index contributed by atoms with van der Waals surface area (Å²) in [5, 5.41) is 9.58. The van der Waals surface area contributed by atoms with Gasteiger partial charge in [0, 0.05) is 5.69 Å². The summed E-state index contributed by atoms with van der Waals surface area (Å²) in [5.74, 6) is -0.819. The molecule has 29 heavy (non-hydrogen) atoms. The summed E-state index contributed by atoms with van der Waals surface area (Å²) in [7, 11) is 0. The van der Waals surface area contributed by atoms with Crippen LogP contribution in [0.1, 0.15) is 30.0 Å². The second-order valence-electron chi connectivity index (χ2n) is 6.80. The Morgan fingerprint density at radius 2 is 1.76 bits per heavy atom. The van der Waals surface area contributed by atoms with Crippen LogP contribution in [-0.2, 0) is 14.4 Å². The summed E-state index contributed by atoms with van der Waals surface area (Å²) in [6.45, 7) is 7.40.